The van der Waals surface area contributed by atoms with Crippen LogP contribution < -0.4 is 0 Å². The number of rotatable bonds is 5. The van der Waals surface area contributed by atoms with E-state index in [2.05, 4.69) is 80.6 Å². The lowest BCUT2D eigenvalue weighted by atomic mass is 9.61. The molecule has 29 heavy (non-hydrogen) atoms. The van der Waals surface area contributed by atoms with Gasteiger partial charge >= 0.3 is 0 Å². The zero-order valence-electron chi connectivity index (χ0n) is 17.2. The second-order valence-corrected chi connectivity index (χ2v) is 8.74. The third-order valence-electron chi connectivity index (χ3n) is 6.52. The Kier molecular flexibility index (Phi) is 5.24. The van der Waals surface area contributed by atoms with Crippen molar-refractivity contribution >= 4 is 17.9 Å². The van der Waals surface area contributed by atoms with Crippen LogP contribution in [0.3, 0.4) is 0 Å². The lowest BCUT2D eigenvalue weighted by molar-refractivity contribution is -0.130. The van der Waals surface area contributed by atoms with Crippen molar-refractivity contribution in [2.45, 2.75) is 26.7 Å². The molecule has 1 nitrogen and oxygen atoms in total. The second kappa shape index (κ2) is 7.83. The Bertz CT molecular complexity index is 993. The van der Waals surface area contributed by atoms with E-state index in [-0.39, 0.29) is 16.7 Å². The minimum Gasteiger partial charge on any atom is -0.299 e. The fourth-order valence-electron chi connectivity index (χ4n) is 4.81. The van der Waals surface area contributed by atoms with E-state index in [4.69, 9.17) is 0 Å². The summed E-state index contributed by atoms with van der Waals surface area (Å²) < 4.78 is 0. The highest BCUT2D eigenvalue weighted by molar-refractivity contribution is 5.90. The highest BCUT2D eigenvalue weighted by atomic mass is 16.1. The molecular formula is C28H28O. The van der Waals surface area contributed by atoms with Gasteiger partial charge in [0, 0.05) is 17.3 Å². The largest absolute Gasteiger partial charge is 0.299 e. The first-order valence-corrected chi connectivity index (χ1v) is 10.4. The van der Waals surface area contributed by atoms with Gasteiger partial charge in [-0.1, -0.05) is 110 Å². The van der Waals surface area contributed by atoms with E-state index in [9.17, 15) is 4.79 Å². The molecule has 2 aromatic carbocycles. The van der Waals surface area contributed by atoms with Crippen LogP contribution in [-0.4, -0.2) is 5.78 Å². The highest BCUT2D eigenvalue weighted by Crippen LogP contribution is 2.59. The third kappa shape index (κ3) is 3.96. The molecule has 2 aliphatic rings. The molecule has 3 atom stereocenters. The molecular weight excluding hydrogens is 352 g/mol. The topological polar surface area (TPSA) is 17.1 Å². The van der Waals surface area contributed by atoms with Gasteiger partial charge < -0.3 is 0 Å². The summed E-state index contributed by atoms with van der Waals surface area (Å²) in [6, 6.07) is 20.6. The van der Waals surface area contributed by atoms with Crippen LogP contribution >= 0.6 is 0 Å². The summed E-state index contributed by atoms with van der Waals surface area (Å²) in [6.45, 7) is 4.42. The molecule has 0 saturated heterocycles. The Hall–Kier alpha value is -2.93. The molecule has 1 fully saturated rings. The Labute approximate surface area is 174 Å². The number of benzene rings is 2. The first-order valence-electron chi connectivity index (χ1n) is 10.4. The maximum absolute atomic E-state index is 12.9. The van der Waals surface area contributed by atoms with Crippen molar-refractivity contribution < 1.29 is 4.79 Å². The van der Waals surface area contributed by atoms with Crippen molar-refractivity contribution in [1.29, 1.82) is 0 Å². The number of carbonyl (C=O) groups is 1. The number of fused-ring (bicyclic) bond motifs is 2. The predicted octanol–water partition coefficient (Wildman–Crippen LogP) is 6.90. The Morgan fingerprint density at radius 2 is 1.41 bits per heavy atom. The summed E-state index contributed by atoms with van der Waals surface area (Å²) in [5.41, 5.74) is 3.32. The third-order valence-corrected chi connectivity index (χ3v) is 6.52. The molecule has 4 rings (SSSR count). The molecule has 3 unspecified atom stereocenters. The molecule has 0 heterocycles. The van der Waals surface area contributed by atoms with Crippen LogP contribution in [0, 0.1) is 16.7 Å². The standard InChI is InChI=1S/C28H28O/c1-27-20-25(16-10-9-15-22-11-5-3-6-12-22)28(2,21-27)24(19-26(27)29)18-17-23-13-7-4-8-14-23/h3-18,20,24H,19,21H2,1-2H3/b15-9+,16-10+,18-17+. The first kappa shape index (κ1) is 19.4. The molecule has 146 valence electrons. The first-order chi connectivity index (χ1) is 14.0. The number of Topliss-reactive ketones (excluding diaryl/α,β-unsaturated/α-hetero) is 1. The van der Waals surface area contributed by atoms with E-state index in [0.29, 0.717) is 12.2 Å². The smallest absolute Gasteiger partial charge is 0.143 e. The number of hydrogen-bond acceptors (Lipinski definition) is 1. The van der Waals surface area contributed by atoms with Gasteiger partial charge in [0.15, 0.2) is 0 Å². The number of hydrogen-bond donors (Lipinski definition) is 0. The number of allylic oxidation sites excluding steroid dienone is 6. The molecule has 0 radical (unpaired) electrons. The average molecular weight is 381 g/mol. The van der Waals surface area contributed by atoms with Gasteiger partial charge in [-0.2, -0.15) is 0 Å². The van der Waals surface area contributed by atoms with Gasteiger partial charge in [-0.25, -0.2) is 0 Å². The fourth-order valence-corrected chi connectivity index (χ4v) is 4.81. The van der Waals surface area contributed by atoms with Gasteiger partial charge in [-0.15, -0.1) is 0 Å². The highest BCUT2D eigenvalue weighted by Gasteiger charge is 2.54. The fraction of sp³-hybridized carbons (Fsp3) is 0.250. The zero-order valence-corrected chi connectivity index (χ0v) is 17.2. The minimum atomic E-state index is -0.325. The lowest BCUT2D eigenvalue weighted by Gasteiger charge is -2.41. The van der Waals surface area contributed by atoms with Gasteiger partial charge in [0.2, 0.25) is 0 Å². The molecule has 0 N–H and O–H groups in total. The molecule has 2 bridgehead atoms. The summed E-state index contributed by atoms with van der Waals surface area (Å²) in [5.74, 6) is 0.584. The summed E-state index contributed by atoms with van der Waals surface area (Å²) in [7, 11) is 0. The summed E-state index contributed by atoms with van der Waals surface area (Å²) in [6.07, 6.45) is 16.7. The maximum atomic E-state index is 12.9. The van der Waals surface area contributed by atoms with Crippen LogP contribution in [0.5, 0.6) is 0 Å². The van der Waals surface area contributed by atoms with Crippen molar-refractivity contribution in [1.82, 2.24) is 0 Å². The Morgan fingerprint density at radius 3 is 2.07 bits per heavy atom. The molecule has 0 amide bonds. The van der Waals surface area contributed by atoms with Crippen LogP contribution in [0.25, 0.3) is 12.2 Å². The van der Waals surface area contributed by atoms with Crippen molar-refractivity contribution in [3.05, 3.63) is 108 Å². The predicted molar refractivity (Wildman–Crippen MR) is 122 cm³/mol. The molecule has 0 aliphatic heterocycles. The van der Waals surface area contributed by atoms with E-state index in [0.717, 1.165) is 6.42 Å². The van der Waals surface area contributed by atoms with E-state index < -0.39 is 0 Å². The van der Waals surface area contributed by atoms with Gasteiger partial charge in [0.1, 0.15) is 5.78 Å². The Morgan fingerprint density at radius 1 is 0.828 bits per heavy atom. The van der Waals surface area contributed by atoms with Crippen molar-refractivity contribution in [3.63, 3.8) is 0 Å². The molecule has 1 saturated carbocycles. The van der Waals surface area contributed by atoms with Crippen molar-refractivity contribution in [2.24, 2.45) is 16.7 Å². The van der Waals surface area contributed by atoms with Crippen molar-refractivity contribution in [2.75, 3.05) is 0 Å². The van der Waals surface area contributed by atoms with Crippen LogP contribution in [-0.2, 0) is 4.79 Å². The van der Waals surface area contributed by atoms with E-state index in [1.54, 1.807) is 0 Å². The zero-order chi connectivity index (χ0) is 20.3. The summed E-state index contributed by atoms with van der Waals surface area (Å²) in [5, 5.41) is 0. The van der Waals surface area contributed by atoms with Crippen molar-refractivity contribution in [3.8, 4) is 0 Å². The molecule has 0 aromatic heterocycles. The van der Waals surface area contributed by atoms with Crippen LogP contribution in [0.15, 0.2) is 96.6 Å². The SMILES string of the molecule is CC12C=C(/C=C/C=C/c3ccccc3)C(C)(C1)C(/C=C/c1ccccc1)CC2=O. The van der Waals surface area contributed by atoms with E-state index >= 15 is 0 Å². The lowest BCUT2D eigenvalue weighted by Crippen LogP contribution is -2.39. The molecule has 2 aromatic rings. The number of carbonyl (C=O) groups excluding carboxylic acids is 1. The number of ketones is 1. The molecule has 0 spiro atoms. The minimum absolute atomic E-state index is 0.00890. The summed E-state index contributed by atoms with van der Waals surface area (Å²) >= 11 is 0. The van der Waals surface area contributed by atoms with Crippen LogP contribution in [0.4, 0.5) is 0 Å². The average Bonchev–Trinajstić information content (AvgIpc) is 2.98. The monoisotopic (exact) mass is 380 g/mol. The van der Waals surface area contributed by atoms with Gasteiger partial charge in [0.25, 0.3) is 0 Å². The van der Waals surface area contributed by atoms with Gasteiger partial charge in [0.05, 0.1) is 0 Å². The molecule has 1 heteroatoms. The normalized spacial score (nSPS) is 29.2. The van der Waals surface area contributed by atoms with E-state index in [1.807, 2.05) is 36.4 Å². The second-order valence-electron chi connectivity index (χ2n) is 8.74. The van der Waals surface area contributed by atoms with Crippen LogP contribution in [0.1, 0.15) is 37.8 Å². The summed E-state index contributed by atoms with van der Waals surface area (Å²) in [4.78, 5) is 12.9. The maximum Gasteiger partial charge on any atom is 0.143 e. The Balaban J connectivity index is 1.57. The van der Waals surface area contributed by atoms with Gasteiger partial charge in [-0.3, -0.25) is 4.79 Å². The van der Waals surface area contributed by atoms with Gasteiger partial charge in [-0.05, 0) is 36.0 Å². The molecule has 2 aliphatic carbocycles. The van der Waals surface area contributed by atoms with E-state index in [1.165, 1.54) is 16.7 Å². The quantitative estimate of drug-likeness (QED) is 0.516. The van der Waals surface area contributed by atoms with Crippen LogP contribution in [0.2, 0.25) is 0 Å².